The van der Waals surface area contributed by atoms with Crippen LogP contribution in [0.1, 0.15) is 56.7 Å². The fourth-order valence-corrected chi connectivity index (χ4v) is 2.67. The molecule has 1 aromatic heterocycles. The van der Waals surface area contributed by atoms with Gasteiger partial charge in [-0.2, -0.15) is 0 Å². The second-order valence-corrected chi connectivity index (χ2v) is 7.65. The number of likely N-dealkylation sites (tertiary alicyclic amines) is 1. The maximum atomic E-state index is 12.1. The third kappa shape index (κ3) is 4.91. The number of ether oxygens (including phenoxy) is 1. The molecule has 1 aliphatic heterocycles. The maximum Gasteiger partial charge on any atom is 0.410 e. The fourth-order valence-electron chi connectivity index (χ4n) is 2.67. The largest absolute Gasteiger partial charge is 0.478 e. The van der Waals surface area contributed by atoms with Crippen LogP contribution in [0.5, 0.6) is 0 Å². The van der Waals surface area contributed by atoms with E-state index in [-0.39, 0.29) is 17.1 Å². The third-order valence-corrected chi connectivity index (χ3v) is 4.16. The molecule has 24 heavy (non-hydrogen) atoms. The second kappa shape index (κ2) is 6.75. The predicted molar refractivity (Wildman–Crippen MR) is 87.8 cm³/mol. The van der Waals surface area contributed by atoms with E-state index in [1.807, 2.05) is 20.8 Å². The average Bonchev–Trinajstić information content (AvgIpc) is 2.46. The highest BCUT2D eigenvalue weighted by molar-refractivity contribution is 5.86. The van der Waals surface area contributed by atoms with Crippen LogP contribution < -0.4 is 0 Å². The number of carboxylic acids is 1. The van der Waals surface area contributed by atoms with E-state index in [9.17, 15) is 9.59 Å². The minimum Gasteiger partial charge on any atom is -0.478 e. The number of rotatable bonds is 3. The lowest BCUT2D eigenvalue weighted by Gasteiger charge is -2.39. The van der Waals surface area contributed by atoms with Crippen LogP contribution in [-0.2, 0) is 11.2 Å². The van der Waals surface area contributed by atoms with Crippen LogP contribution in [0.2, 0.25) is 0 Å². The van der Waals surface area contributed by atoms with Gasteiger partial charge in [0.2, 0.25) is 0 Å². The van der Waals surface area contributed by atoms with Gasteiger partial charge in [0.1, 0.15) is 11.4 Å². The number of carboxylic acid groups (broad SMARTS) is 1. The Bertz CT molecular complexity index is 599. The molecule has 1 aromatic rings. The predicted octanol–water partition coefficient (Wildman–Crippen LogP) is 2.75. The smallest absolute Gasteiger partial charge is 0.410 e. The normalized spacial score (nSPS) is 17.4. The number of aromatic carboxylic acids is 1. The number of hydrogen-bond acceptors (Lipinski definition) is 5. The first-order chi connectivity index (χ1) is 11.1. The summed E-state index contributed by atoms with van der Waals surface area (Å²) in [5.74, 6) is -0.397. The van der Waals surface area contributed by atoms with Crippen molar-refractivity contribution >= 4 is 12.1 Å². The molecule has 2 rings (SSSR count). The van der Waals surface area contributed by atoms with E-state index >= 15 is 0 Å². The van der Waals surface area contributed by atoms with Crippen molar-refractivity contribution in [2.75, 3.05) is 13.1 Å². The first-order valence-corrected chi connectivity index (χ1v) is 8.10. The average molecular weight is 335 g/mol. The molecule has 132 valence electrons. The molecule has 0 aliphatic carbocycles. The van der Waals surface area contributed by atoms with Gasteiger partial charge in [0.15, 0.2) is 0 Å². The summed E-state index contributed by atoms with van der Waals surface area (Å²) in [5, 5.41) is 8.88. The minimum absolute atomic E-state index is 0.0107. The molecule has 0 saturated carbocycles. The molecule has 7 heteroatoms. The SMILES string of the molecule is CC1(Cc2ncc(C(=O)O)cn2)CCN(C(=O)OC(C)(C)C)CC1. The van der Waals surface area contributed by atoms with Crippen molar-refractivity contribution in [2.45, 2.75) is 52.6 Å². The van der Waals surface area contributed by atoms with Crippen LogP contribution in [0, 0.1) is 5.41 Å². The van der Waals surface area contributed by atoms with Gasteiger partial charge in [-0.25, -0.2) is 19.6 Å². The lowest BCUT2D eigenvalue weighted by Crippen LogP contribution is -2.45. The van der Waals surface area contributed by atoms with E-state index in [2.05, 4.69) is 16.9 Å². The molecule has 7 nitrogen and oxygen atoms in total. The van der Waals surface area contributed by atoms with Gasteiger partial charge >= 0.3 is 12.1 Å². The zero-order valence-corrected chi connectivity index (χ0v) is 14.7. The standard InChI is InChI=1S/C17H25N3O4/c1-16(2,3)24-15(23)20-7-5-17(4,6-8-20)9-13-18-10-12(11-19-13)14(21)22/h10-11H,5-9H2,1-4H3,(H,21,22). The Kier molecular flexibility index (Phi) is 5.11. The molecule has 0 bridgehead atoms. The summed E-state index contributed by atoms with van der Waals surface area (Å²) < 4.78 is 5.41. The lowest BCUT2D eigenvalue weighted by molar-refractivity contribution is 0.0118. The van der Waals surface area contributed by atoms with Gasteiger partial charge in [-0.05, 0) is 39.0 Å². The van der Waals surface area contributed by atoms with Gasteiger partial charge in [-0.1, -0.05) is 6.92 Å². The Hall–Kier alpha value is -2.18. The number of carbonyl (C=O) groups is 2. The molecule has 1 aliphatic rings. The Labute approximate surface area is 142 Å². The Balaban J connectivity index is 1.92. The Morgan fingerprint density at radius 3 is 2.25 bits per heavy atom. The van der Waals surface area contributed by atoms with Gasteiger partial charge in [0, 0.05) is 31.9 Å². The van der Waals surface area contributed by atoms with E-state index in [0.717, 1.165) is 12.8 Å². The molecule has 1 amide bonds. The summed E-state index contributed by atoms with van der Waals surface area (Å²) in [6, 6.07) is 0. The second-order valence-electron chi connectivity index (χ2n) is 7.65. The topological polar surface area (TPSA) is 92.6 Å². The zero-order chi connectivity index (χ0) is 18.0. The highest BCUT2D eigenvalue weighted by atomic mass is 16.6. The first-order valence-electron chi connectivity index (χ1n) is 8.10. The first kappa shape index (κ1) is 18.2. The van der Waals surface area contributed by atoms with Crippen molar-refractivity contribution in [1.82, 2.24) is 14.9 Å². The van der Waals surface area contributed by atoms with Crippen molar-refractivity contribution in [3.05, 3.63) is 23.8 Å². The summed E-state index contributed by atoms with van der Waals surface area (Å²) in [5.41, 5.74) is -0.412. The van der Waals surface area contributed by atoms with Gasteiger partial charge in [0.05, 0.1) is 5.56 Å². The maximum absolute atomic E-state index is 12.1. The van der Waals surface area contributed by atoms with Crippen molar-refractivity contribution in [3.8, 4) is 0 Å². The van der Waals surface area contributed by atoms with E-state index in [1.165, 1.54) is 12.4 Å². The Morgan fingerprint density at radius 1 is 1.25 bits per heavy atom. The van der Waals surface area contributed by atoms with E-state index in [1.54, 1.807) is 4.90 Å². The molecular formula is C17H25N3O4. The summed E-state index contributed by atoms with van der Waals surface area (Å²) in [6.45, 7) is 9.00. The minimum atomic E-state index is -1.03. The van der Waals surface area contributed by atoms with Crippen LogP contribution in [0.15, 0.2) is 12.4 Å². The molecule has 1 fully saturated rings. The van der Waals surface area contributed by atoms with Crippen LogP contribution in [-0.4, -0.2) is 50.7 Å². The summed E-state index contributed by atoms with van der Waals surface area (Å²) in [7, 11) is 0. The summed E-state index contributed by atoms with van der Waals surface area (Å²) in [6.07, 6.45) is 4.72. The summed E-state index contributed by atoms with van der Waals surface area (Å²) >= 11 is 0. The molecule has 0 aromatic carbocycles. The molecule has 1 saturated heterocycles. The number of aromatic nitrogens is 2. The number of nitrogens with zero attached hydrogens (tertiary/aromatic N) is 3. The molecule has 0 atom stereocenters. The summed E-state index contributed by atoms with van der Waals surface area (Å²) in [4.78, 5) is 33.0. The van der Waals surface area contributed by atoms with Gasteiger partial charge in [-0.15, -0.1) is 0 Å². The van der Waals surface area contributed by atoms with Crippen molar-refractivity contribution in [2.24, 2.45) is 5.41 Å². The number of hydrogen-bond donors (Lipinski definition) is 1. The van der Waals surface area contributed by atoms with Crippen molar-refractivity contribution in [1.29, 1.82) is 0 Å². The monoisotopic (exact) mass is 335 g/mol. The molecule has 0 radical (unpaired) electrons. The zero-order valence-electron chi connectivity index (χ0n) is 14.7. The van der Waals surface area contributed by atoms with Gasteiger partial charge in [0.25, 0.3) is 0 Å². The van der Waals surface area contributed by atoms with Crippen LogP contribution in [0.25, 0.3) is 0 Å². The van der Waals surface area contributed by atoms with Crippen LogP contribution in [0.4, 0.5) is 4.79 Å². The highest BCUT2D eigenvalue weighted by Gasteiger charge is 2.34. The van der Waals surface area contributed by atoms with E-state index < -0.39 is 11.6 Å². The van der Waals surface area contributed by atoms with Crippen LogP contribution >= 0.6 is 0 Å². The molecule has 0 unspecified atom stereocenters. The molecule has 2 heterocycles. The number of piperidine rings is 1. The molecule has 1 N–H and O–H groups in total. The molecular weight excluding hydrogens is 310 g/mol. The van der Waals surface area contributed by atoms with E-state index in [4.69, 9.17) is 9.84 Å². The number of carbonyl (C=O) groups excluding carboxylic acids is 1. The van der Waals surface area contributed by atoms with Gasteiger partial charge in [-0.3, -0.25) is 0 Å². The Morgan fingerprint density at radius 2 is 1.79 bits per heavy atom. The van der Waals surface area contributed by atoms with Gasteiger partial charge < -0.3 is 14.7 Å². The van der Waals surface area contributed by atoms with E-state index in [0.29, 0.717) is 25.3 Å². The highest BCUT2D eigenvalue weighted by Crippen LogP contribution is 2.34. The fraction of sp³-hybridized carbons (Fsp3) is 0.647. The third-order valence-electron chi connectivity index (χ3n) is 4.16. The lowest BCUT2D eigenvalue weighted by atomic mass is 9.77. The molecule has 0 spiro atoms. The quantitative estimate of drug-likeness (QED) is 0.913. The number of amides is 1. The van der Waals surface area contributed by atoms with Crippen LogP contribution in [0.3, 0.4) is 0 Å². The van der Waals surface area contributed by atoms with Crippen molar-refractivity contribution < 1.29 is 19.4 Å². The van der Waals surface area contributed by atoms with Crippen molar-refractivity contribution in [3.63, 3.8) is 0 Å².